The molecule has 3 nitrogen and oxygen atoms in total. The van der Waals surface area contributed by atoms with Crippen molar-refractivity contribution in [2.24, 2.45) is 11.7 Å². The monoisotopic (exact) mass is 270 g/mol. The Hall–Kier alpha value is -1.77. The number of hydrogen-bond donors (Lipinski definition) is 1. The molecule has 3 rings (SSSR count). The molecule has 0 saturated heterocycles. The summed E-state index contributed by atoms with van der Waals surface area (Å²) >= 11 is 0. The zero-order valence-corrected chi connectivity index (χ0v) is 12.4. The molecule has 106 valence electrons. The summed E-state index contributed by atoms with van der Waals surface area (Å²) < 4.78 is 2.43. The Labute approximate surface area is 119 Å². The molecular weight excluding hydrogens is 248 g/mol. The van der Waals surface area contributed by atoms with Gasteiger partial charge in [-0.1, -0.05) is 11.6 Å². The van der Waals surface area contributed by atoms with Gasteiger partial charge in [-0.15, -0.1) is 0 Å². The lowest BCUT2D eigenvalue weighted by molar-refractivity contribution is -0.122. The number of amides is 1. The highest BCUT2D eigenvalue weighted by Gasteiger charge is 2.28. The Morgan fingerprint density at radius 3 is 2.80 bits per heavy atom. The largest absolute Gasteiger partial charge is 0.369 e. The van der Waals surface area contributed by atoms with E-state index in [9.17, 15) is 4.79 Å². The highest BCUT2D eigenvalue weighted by atomic mass is 16.1. The van der Waals surface area contributed by atoms with E-state index in [-0.39, 0.29) is 11.8 Å². The first-order valence-corrected chi connectivity index (χ1v) is 7.40. The van der Waals surface area contributed by atoms with Crippen LogP contribution in [0.3, 0.4) is 0 Å². The molecule has 0 fully saturated rings. The Balaban J connectivity index is 2.24. The van der Waals surface area contributed by atoms with Crippen molar-refractivity contribution >= 4 is 16.8 Å². The second kappa shape index (κ2) is 4.65. The number of carbonyl (C=O) groups is 1. The predicted molar refractivity (Wildman–Crippen MR) is 81.8 cm³/mol. The van der Waals surface area contributed by atoms with Gasteiger partial charge >= 0.3 is 0 Å². The minimum atomic E-state index is -0.159. The van der Waals surface area contributed by atoms with E-state index >= 15 is 0 Å². The van der Waals surface area contributed by atoms with Gasteiger partial charge in [-0.25, -0.2) is 0 Å². The molecule has 1 aliphatic rings. The number of benzene rings is 1. The maximum Gasteiger partial charge on any atom is 0.220 e. The molecule has 20 heavy (non-hydrogen) atoms. The van der Waals surface area contributed by atoms with Crippen molar-refractivity contribution in [1.82, 2.24) is 4.57 Å². The van der Waals surface area contributed by atoms with Gasteiger partial charge in [-0.2, -0.15) is 0 Å². The molecular formula is C17H22N2O. The van der Waals surface area contributed by atoms with E-state index in [1.165, 1.54) is 27.7 Å². The summed E-state index contributed by atoms with van der Waals surface area (Å²) in [6, 6.07) is 7.06. The van der Waals surface area contributed by atoms with E-state index in [0.29, 0.717) is 6.04 Å². The van der Waals surface area contributed by atoms with Crippen molar-refractivity contribution in [2.75, 3.05) is 0 Å². The van der Waals surface area contributed by atoms with Crippen LogP contribution in [0.1, 0.15) is 43.1 Å². The molecule has 0 aliphatic heterocycles. The summed E-state index contributed by atoms with van der Waals surface area (Å²) in [5.41, 5.74) is 10.8. The second-order valence-electron chi connectivity index (χ2n) is 6.25. The number of rotatable bonds is 2. The summed E-state index contributed by atoms with van der Waals surface area (Å²) in [6.45, 7) is 6.56. The molecule has 1 aromatic heterocycles. The predicted octanol–water partition coefficient (Wildman–Crippen LogP) is 3.12. The number of hydrogen-bond acceptors (Lipinski definition) is 1. The third kappa shape index (κ3) is 1.92. The van der Waals surface area contributed by atoms with Crippen LogP contribution in [0.4, 0.5) is 0 Å². The lowest BCUT2D eigenvalue weighted by Crippen LogP contribution is -2.29. The number of fused-ring (bicyclic) bond motifs is 3. The van der Waals surface area contributed by atoms with Gasteiger partial charge in [0.2, 0.25) is 5.91 Å². The molecule has 2 aromatic rings. The second-order valence-corrected chi connectivity index (χ2v) is 6.25. The van der Waals surface area contributed by atoms with E-state index in [0.717, 1.165) is 19.3 Å². The summed E-state index contributed by atoms with van der Waals surface area (Å²) in [7, 11) is 0. The van der Waals surface area contributed by atoms with E-state index < -0.39 is 0 Å². The van der Waals surface area contributed by atoms with Crippen LogP contribution in [0.2, 0.25) is 0 Å². The van der Waals surface area contributed by atoms with Crippen LogP contribution in [0, 0.1) is 12.8 Å². The maximum atomic E-state index is 11.5. The molecule has 1 heterocycles. The third-order valence-corrected chi connectivity index (χ3v) is 4.47. The fourth-order valence-corrected chi connectivity index (χ4v) is 3.54. The normalized spacial score (nSPS) is 18.5. The number of nitrogens with two attached hydrogens (primary N) is 1. The highest BCUT2D eigenvalue weighted by molar-refractivity contribution is 5.88. The zero-order chi connectivity index (χ0) is 14.4. The van der Waals surface area contributed by atoms with Crippen LogP contribution in [0.5, 0.6) is 0 Å². The standard InChI is InChI=1S/C17H22N2O/c1-10(2)19-15-6-4-11(3)8-13(15)14-9-12(17(18)20)5-7-16(14)19/h4,6,8,10,12H,5,7,9H2,1-3H3,(H2,18,20). The lowest BCUT2D eigenvalue weighted by Gasteiger charge is -2.23. The smallest absolute Gasteiger partial charge is 0.220 e. The molecule has 3 heteroatoms. The maximum absolute atomic E-state index is 11.5. The minimum absolute atomic E-state index is 0.00535. The average Bonchev–Trinajstić information content (AvgIpc) is 2.71. The molecule has 0 spiro atoms. The first-order valence-electron chi connectivity index (χ1n) is 7.40. The van der Waals surface area contributed by atoms with Crippen LogP contribution in [-0.2, 0) is 17.6 Å². The Morgan fingerprint density at radius 1 is 1.40 bits per heavy atom. The van der Waals surface area contributed by atoms with Gasteiger partial charge in [0.15, 0.2) is 0 Å². The highest BCUT2D eigenvalue weighted by Crippen LogP contribution is 2.36. The number of nitrogens with zero attached hydrogens (tertiary/aromatic N) is 1. The van der Waals surface area contributed by atoms with Crippen molar-refractivity contribution < 1.29 is 4.79 Å². The van der Waals surface area contributed by atoms with Crippen molar-refractivity contribution in [1.29, 1.82) is 0 Å². The van der Waals surface area contributed by atoms with Crippen molar-refractivity contribution in [3.8, 4) is 0 Å². The number of primary amides is 1. The summed E-state index contributed by atoms with van der Waals surface area (Å²) in [4.78, 5) is 11.5. The Morgan fingerprint density at radius 2 is 2.15 bits per heavy atom. The van der Waals surface area contributed by atoms with E-state index in [1.807, 2.05) is 0 Å². The van der Waals surface area contributed by atoms with Gasteiger partial charge in [0.1, 0.15) is 0 Å². The molecule has 0 saturated carbocycles. The third-order valence-electron chi connectivity index (χ3n) is 4.47. The molecule has 1 aliphatic carbocycles. The van der Waals surface area contributed by atoms with Crippen LogP contribution in [-0.4, -0.2) is 10.5 Å². The number of carbonyl (C=O) groups excluding carboxylic acids is 1. The summed E-state index contributed by atoms with van der Waals surface area (Å²) in [6.07, 6.45) is 2.63. The molecule has 1 unspecified atom stereocenters. The summed E-state index contributed by atoms with van der Waals surface area (Å²) in [5.74, 6) is -0.164. The van der Waals surface area contributed by atoms with Crippen LogP contribution < -0.4 is 5.73 Å². The van der Waals surface area contributed by atoms with E-state index in [2.05, 4.69) is 43.5 Å². The fourth-order valence-electron chi connectivity index (χ4n) is 3.54. The van der Waals surface area contributed by atoms with Gasteiger partial charge in [0.25, 0.3) is 0 Å². The van der Waals surface area contributed by atoms with Gasteiger partial charge < -0.3 is 10.3 Å². The summed E-state index contributed by atoms with van der Waals surface area (Å²) in [5, 5.41) is 1.31. The molecule has 0 radical (unpaired) electrons. The molecule has 1 atom stereocenters. The first kappa shape index (κ1) is 13.2. The van der Waals surface area contributed by atoms with Gasteiger partial charge in [0, 0.05) is 28.6 Å². The lowest BCUT2D eigenvalue weighted by atomic mass is 9.85. The van der Waals surface area contributed by atoms with E-state index in [1.54, 1.807) is 0 Å². The van der Waals surface area contributed by atoms with Crippen molar-refractivity contribution in [3.63, 3.8) is 0 Å². The molecule has 2 N–H and O–H groups in total. The van der Waals surface area contributed by atoms with Gasteiger partial charge in [0.05, 0.1) is 0 Å². The fraction of sp³-hybridized carbons (Fsp3) is 0.471. The Kier molecular flexibility index (Phi) is 3.08. The minimum Gasteiger partial charge on any atom is -0.369 e. The molecule has 1 amide bonds. The van der Waals surface area contributed by atoms with Crippen LogP contribution in [0.25, 0.3) is 10.9 Å². The van der Waals surface area contributed by atoms with Crippen LogP contribution in [0.15, 0.2) is 18.2 Å². The topological polar surface area (TPSA) is 48.0 Å². The average molecular weight is 270 g/mol. The quantitative estimate of drug-likeness (QED) is 0.895. The number of aromatic nitrogens is 1. The SMILES string of the molecule is Cc1ccc2c(c1)c1c(n2C(C)C)CCC(C(N)=O)C1. The van der Waals surface area contributed by atoms with Crippen molar-refractivity contribution in [2.45, 2.75) is 46.1 Å². The number of aryl methyl sites for hydroxylation is 1. The Bertz CT molecular complexity index is 682. The van der Waals surface area contributed by atoms with Gasteiger partial charge in [-0.3, -0.25) is 4.79 Å². The van der Waals surface area contributed by atoms with E-state index in [4.69, 9.17) is 5.73 Å². The van der Waals surface area contributed by atoms with Crippen LogP contribution >= 0.6 is 0 Å². The molecule has 1 aromatic carbocycles. The van der Waals surface area contributed by atoms with Crippen molar-refractivity contribution in [3.05, 3.63) is 35.0 Å². The van der Waals surface area contributed by atoms with Gasteiger partial charge in [-0.05, 0) is 57.7 Å². The molecule has 0 bridgehead atoms. The zero-order valence-electron chi connectivity index (χ0n) is 12.4. The first-order chi connectivity index (χ1) is 9.49.